The first-order chi connectivity index (χ1) is 27.8. The zero-order chi connectivity index (χ0) is 40.3. The number of amides is 1. The minimum Gasteiger partial charge on any atom is -0.370 e. The molecule has 0 fully saturated rings. The smallest absolute Gasteiger partial charge is 0.217 e. The van der Waals surface area contributed by atoms with Gasteiger partial charge in [0.05, 0.1) is 0 Å². The quantitative estimate of drug-likeness (QED) is 0.0613. The predicted octanol–water partition coefficient (Wildman–Crippen LogP) is 19.8. The number of primary amides is 1. The van der Waals surface area contributed by atoms with Gasteiger partial charge in [0.2, 0.25) is 5.91 Å². The van der Waals surface area contributed by atoms with Gasteiger partial charge in [0, 0.05) is 6.42 Å². The standard InChI is InChI=1S/C54H109NO/c1-2-3-4-5-6-7-8-9-10-11-12-13-14-15-16-17-18-19-20-21-22-23-24-25-26-27-28-29-30-31-32-33-34-35-36-37-38-39-40-41-42-43-44-45-46-47-48-49-50-51-52-53-54(55)56/h2-53H2,1H3,(H2,55,56). The number of hydrogen-bond donors (Lipinski definition) is 1. The second kappa shape index (κ2) is 52.5. The second-order valence-corrected chi connectivity index (χ2v) is 18.9. The van der Waals surface area contributed by atoms with Crippen molar-refractivity contribution in [2.75, 3.05) is 0 Å². The van der Waals surface area contributed by atoms with Crippen LogP contribution in [0.4, 0.5) is 0 Å². The lowest BCUT2D eigenvalue weighted by Gasteiger charge is -2.05. The van der Waals surface area contributed by atoms with E-state index in [9.17, 15) is 4.79 Å². The topological polar surface area (TPSA) is 43.1 Å². The lowest BCUT2D eigenvalue weighted by Crippen LogP contribution is -2.09. The molecule has 0 aliphatic carbocycles. The van der Waals surface area contributed by atoms with Crippen LogP contribution < -0.4 is 5.73 Å². The van der Waals surface area contributed by atoms with Crippen molar-refractivity contribution in [3.8, 4) is 0 Å². The summed E-state index contributed by atoms with van der Waals surface area (Å²) in [6.07, 6.45) is 74.6. The monoisotopic (exact) mass is 788 g/mol. The van der Waals surface area contributed by atoms with E-state index in [1.807, 2.05) is 0 Å². The predicted molar refractivity (Wildman–Crippen MR) is 255 cm³/mol. The molecule has 0 radical (unpaired) electrons. The SMILES string of the molecule is CCCCCCCCCCCCCCCCCCCCCCCCCCCCCCCCCCCCCCCCCCCCCCCCCCCCCC(N)=O. The molecule has 0 spiro atoms. The van der Waals surface area contributed by atoms with E-state index in [2.05, 4.69) is 6.92 Å². The Labute approximate surface area is 356 Å². The normalized spacial score (nSPS) is 11.6. The highest BCUT2D eigenvalue weighted by Crippen LogP contribution is 2.19. The highest BCUT2D eigenvalue weighted by molar-refractivity contribution is 5.73. The van der Waals surface area contributed by atoms with Crippen LogP contribution in [-0.2, 0) is 4.79 Å². The lowest BCUT2D eigenvalue weighted by molar-refractivity contribution is -0.118. The summed E-state index contributed by atoms with van der Waals surface area (Å²) in [5.41, 5.74) is 5.19. The van der Waals surface area contributed by atoms with Crippen LogP contribution in [0.25, 0.3) is 0 Å². The van der Waals surface area contributed by atoms with Crippen LogP contribution in [0.15, 0.2) is 0 Å². The summed E-state index contributed by atoms with van der Waals surface area (Å²) in [5.74, 6) is -0.146. The maximum absolute atomic E-state index is 10.7. The molecular formula is C54H109NO. The molecule has 0 aliphatic rings. The van der Waals surface area contributed by atoms with E-state index in [-0.39, 0.29) is 5.91 Å². The summed E-state index contributed by atoms with van der Waals surface area (Å²) in [7, 11) is 0. The van der Waals surface area contributed by atoms with E-state index < -0.39 is 0 Å². The Morgan fingerprint density at radius 3 is 0.429 bits per heavy atom. The van der Waals surface area contributed by atoms with E-state index in [1.165, 1.54) is 321 Å². The number of rotatable bonds is 52. The Kier molecular flexibility index (Phi) is 52.0. The molecule has 0 rings (SSSR count). The molecule has 0 aromatic heterocycles. The Hall–Kier alpha value is -0.530. The molecule has 1 amide bonds. The number of carbonyl (C=O) groups excluding carboxylic acids is 1. The van der Waals surface area contributed by atoms with Crippen molar-refractivity contribution in [2.45, 2.75) is 341 Å². The Morgan fingerprint density at radius 2 is 0.321 bits per heavy atom. The fourth-order valence-electron chi connectivity index (χ4n) is 9.03. The minimum absolute atomic E-state index is 0.146. The summed E-state index contributed by atoms with van der Waals surface area (Å²) in [6, 6.07) is 0. The molecule has 0 aromatic carbocycles. The van der Waals surface area contributed by atoms with Crippen LogP contribution >= 0.6 is 0 Å². The van der Waals surface area contributed by atoms with Crippen LogP contribution in [0.3, 0.4) is 0 Å². The minimum atomic E-state index is -0.146. The first kappa shape index (κ1) is 55.5. The molecule has 0 unspecified atom stereocenters. The summed E-state index contributed by atoms with van der Waals surface area (Å²) >= 11 is 0. The first-order valence-corrected chi connectivity index (χ1v) is 27.1. The van der Waals surface area contributed by atoms with E-state index in [4.69, 9.17) is 5.73 Å². The van der Waals surface area contributed by atoms with Gasteiger partial charge in [0.25, 0.3) is 0 Å². The fraction of sp³-hybridized carbons (Fsp3) is 0.981. The van der Waals surface area contributed by atoms with Crippen molar-refractivity contribution in [1.29, 1.82) is 0 Å². The van der Waals surface area contributed by atoms with Gasteiger partial charge >= 0.3 is 0 Å². The Bertz CT molecular complexity index is 690. The molecular weight excluding hydrogens is 679 g/mol. The fourth-order valence-corrected chi connectivity index (χ4v) is 9.03. The second-order valence-electron chi connectivity index (χ2n) is 18.9. The average molecular weight is 788 g/mol. The number of carbonyl (C=O) groups is 1. The van der Waals surface area contributed by atoms with Crippen molar-refractivity contribution in [3.05, 3.63) is 0 Å². The number of nitrogens with two attached hydrogens (primary N) is 1. The largest absolute Gasteiger partial charge is 0.370 e. The van der Waals surface area contributed by atoms with E-state index in [0.29, 0.717) is 6.42 Å². The van der Waals surface area contributed by atoms with Gasteiger partial charge in [-0.3, -0.25) is 4.79 Å². The third kappa shape index (κ3) is 53.5. The van der Waals surface area contributed by atoms with Gasteiger partial charge in [-0.2, -0.15) is 0 Å². The molecule has 0 heterocycles. The highest BCUT2D eigenvalue weighted by atomic mass is 16.1. The van der Waals surface area contributed by atoms with Crippen LogP contribution in [0.2, 0.25) is 0 Å². The molecule has 2 heteroatoms. The third-order valence-corrected chi connectivity index (χ3v) is 13.0. The summed E-state index contributed by atoms with van der Waals surface area (Å²) < 4.78 is 0. The molecule has 2 nitrogen and oxygen atoms in total. The zero-order valence-electron chi connectivity index (χ0n) is 39.3. The highest BCUT2D eigenvalue weighted by Gasteiger charge is 2.00. The molecule has 56 heavy (non-hydrogen) atoms. The van der Waals surface area contributed by atoms with Crippen molar-refractivity contribution >= 4 is 5.91 Å². The van der Waals surface area contributed by atoms with Crippen LogP contribution in [0.5, 0.6) is 0 Å². The van der Waals surface area contributed by atoms with Crippen LogP contribution in [-0.4, -0.2) is 5.91 Å². The van der Waals surface area contributed by atoms with Gasteiger partial charge < -0.3 is 5.73 Å². The maximum Gasteiger partial charge on any atom is 0.217 e. The van der Waals surface area contributed by atoms with Gasteiger partial charge in [-0.1, -0.05) is 328 Å². The van der Waals surface area contributed by atoms with Crippen molar-refractivity contribution < 1.29 is 4.79 Å². The van der Waals surface area contributed by atoms with Gasteiger partial charge in [-0.05, 0) is 6.42 Å². The molecule has 2 N–H and O–H groups in total. The molecule has 0 atom stereocenters. The molecule has 0 bridgehead atoms. The van der Waals surface area contributed by atoms with E-state index in [0.717, 1.165) is 6.42 Å². The van der Waals surface area contributed by atoms with E-state index in [1.54, 1.807) is 0 Å². The summed E-state index contributed by atoms with van der Waals surface area (Å²) in [5, 5.41) is 0. The maximum atomic E-state index is 10.7. The van der Waals surface area contributed by atoms with Crippen LogP contribution in [0, 0.1) is 0 Å². The lowest BCUT2D eigenvalue weighted by atomic mass is 10.0. The first-order valence-electron chi connectivity index (χ1n) is 27.1. The summed E-state index contributed by atoms with van der Waals surface area (Å²) in [4.78, 5) is 10.7. The molecule has 0 aliphatic heterocycles. The van der Waals surface area contributed by atoms with Crippen molar-refractivity contribution in [1.82, 2.24) is 0 Å². The third-order valence-electron chi connectivity index (χ3n) is 13.0. The van der Waals surface area contributed by atoms with Crippen molar-refractivity contribution in [3.63, 3.8) is 0 Å². The zero-order valence-corrected chi connectivity index (χ0v) is 39.3. The Morgan fingerprint density at radius 1 is 0.214 bits per heavy atom. The van der Waals surface area contributed by atoms with Crippen LogP contribution in [0.1, 0.15) is 341 Å². The van der Waals surface area contributed by atoms with Gasteiger partial charge in [-0.15, -0.1) is 0 Å². The molecule has 336 valence electrons. The number of unbranched alkanes of at least 4 members (excludes halogenated alkanes) is 50. The summed E-state index contributed by atoms with van der Waals surface area (Å²) in [6.45, 7) is 2.31. The molecule has 0 saturated carbocycles. The average Bonchev–Trinajstić information content (AvgIpc) is 3.20. The van der Waals surface area contributed by atoms with Gasteiger partial charge in [-0.25, -0.2) is 0 Å². The Balaban J connectivity index is 3.06. The van der Waals surface area contributed by atoms with E-state index >= 15 is 0 Å². The molecule has 0 saturated heterocycles. The van der Waals surface area contributed by atoms with Crippen molar-refractivity contribution in [2.24, 2.45) is 5.73 Å². The number of hydrogen-bond acceptors (Lipinski definition) is 1. The van der Waals surface area contributed by atoms with Gasteiger partial charge in [0.1, 0.15) is 0 Å². The van der Waals surface area contributed by atoms with Gasteiger partial charge in [0.15, 0.2) is 0 Å². The molecule has 0 aromatic rings.